The minimum Gasteiger partial charge on any atom is -0.493 e. The number of benzene rings is 2. The van der Waals surface area contributed by atoms with Crippen LogP contribution in [0.25, 0.3) is 0 Å². The summed E-state index contributed by atoms with van der Waals surface area (Å²) in [5.74, 6) is 0.784. The fraction of sp³-hybridized carbons (Fsp3) is 0.308. The van der Waals surface area contributed by atoms with Crippen molar-refractivity contribution in [1.82, 2.24) is 10.3 Å². The van der Waals surface area contributed by atoms with Gasteiger partial charge in [0.1, 0.15) is 5.25 Å². The summed E-state index contributed by atoms with van der Waals surface area (Å²) >= 11 is 0. The number of carbonyl (C=O) groups is 1. The maximum absolute atomic E-state index is 13.6. The summed E-state index contributed by atoms with van der Waals surface area (Å²) < 4.78 is 43.1. The number of nitrogens with zero attached hydrogens (tertiary/aromatic N) is 1. The lowest BCUT2D eigenvalue weighted by atomic mass is 10.0. The summed E-state index contributed by atoms with van der Waals surface area (Å²) in [6.45, 7) is 3.93. The number of sulfone groups is 1. The van der Waals surface area contributed by atoms with Crippen molar-refractivity contribution in [2.24, 2.45) is 0 Å². The molecule has 0 aliphatic heterocycles. The molecule has 3 aromatic rings. The Labute approximate surface area is 206 Å². The number of methoxy groups -OCH3 is 3. The molecule has 0 saturated carbocycles. The molecule has 1 heterocycles. The van der Waals surface area contributed by atoms with Gasteiger partial charge in [-0.1, -0.05) is 32.0 Å². The number of hydrogen-bond donors (Lipinski definition) is 1. The van der Waals surface area contributed by atoms with Crippen molar-refractivity contribution in [2.75, 3.05) is 27.9 Å². The predicted molar refractivity (Wildman–Crippen MR) is 133 cm³/mol. The summed E-state index contributed by atoms with van der Waals surface area (Å²) in [7, 11) is 0.540. The van der Waals surface area contributed by atoms with E-state index in [0.29, 0.717) is 22.8 Å². The molecule has 2 aromatic carbocycles. The van der Waals surface area contributed by atoms with Gasteiger partial charge in [-0.2, -0.15) is 0 Å². The van der Waals surface area contributed by atoms with Crippen molar-refractivity contribution in [3.05, 3.63) is 77.6 Å². The molecule has 9 heteroatoms. The third-order valence-electron chi connectivity index (χ3n) is 5.68. The zero-order valence-electron chi connectivity index (χ0n) is 20.4. The first kappa shape index (κ1) is 26.0. The number of aromatic nitrogens is 1. The van der Waals surface area contributed by atoms with E-state index in [1.54, 1.807) is 30.5 Å². The number of pyridine rings is 1. The van der Waals surface area contributed by atoms with Gasteiger partial charge in [0.2, 0.25) is 5.75 Å². The zero-order chi connectivity index (χ0) is 25.6. The maximum Gasteiger partial charge on any atom is 0.251 e. The lowest BCUT2D eigenvalue weighted by molar-refractivity contribution is 0.0953. The van der Waals surface area contributed by atoms with Crippen LogP contribution in [0.1, 0.15) is 46.5 Å². The Bertz CT molecular complexity index is 1230. The molecule has 1 N–H and O–H groups in total. The van der Waals surface area contributed by atoms with Crippen LogP contribution >= 0.6 is 0 Å². The SMILES string of the molecule is COc1cc(C(=O)NCC(c2cccnc2)S(=O)(=O)c2ccc(C(C)C)cc2)cc(OC)c1OC. The second-order valence-electron chi connectivity index (χ2n) is 8.17. The molecule has 1 unspecified atom stereocenters. The third-order valence-corrected chi connectivity index (χ3v) is 7.80. The van der Waals surface area contributed by atoms with Gasteiger partial charge in [0.25, 0.3) is 5.91 Å². The molecule has 186 valence electrons. The largest absolute Gasteiger partial charge is 0.493 e. The topological polar surface area (TPSA) is 104 Å². The number of rotatable bonds is 10. The third kappa shape index (κ3) is 5.74. The highest BCUT2D eigenvalue weighted by Gasteiger charge is 2.30. The maximum atomic E-state index is 13.6. The van der Waals surface area contributed by atoms with Gasteiger partial charge in [-0.25, -0.2) is 8.42 Å². The summed E-state index contributed by atoms with van der Waals surface area (Å²) in [6, 6.07) is 13.2. The van der Waals surface area contributed by atoms with Gasteiger partial charge in [0, 0.05) is 24.5 Å². The second kappa shape index (κ2) is 11.2. The Morgan fingerprint density at radius 2 is 1.57 bits per heavy atom. The average molecular weight is 499 g/mol. The second-order valence-corrected chi connectivity index (χ2v) is 10.3. The summed E-state index contributed by atoms with van der Waals surface area (Å²) in [6.07, 6.45) is 3.06. The van der Waals surface area contributed by atoms with Crippen LogP contribution in [0.15, 0.2) is 65.8 Å². The van der Waals surface area contributed by atoms with E-state index >= 15 is 0 Å². The normalized spacial score (nSPS) is 12.2. The van der Waals surface area contributed by atoms with Crippen molar-refractivity contribution in [3.8, 4) is 17.2 Å². The van der Waals surface area contributed by atoms with Gasteiger partial charge >= 0.3 is 0 Å². The van der Waals surface area contributed by atoms with Crippen molar-refractivity contribution in [2.45, 2.75) is 29.9 Å². The molecule has 0 aliphatic carbocycles. The van der Waals surface area contributed by atoms with E-state index in [4.69, 9.17) is 14.2 Å². The first-order valence-electron chi connectivity index (χ1n) is 11.0. The lowest BCUT2D eigenvalue weighted by Crippen LogP contribution is -2.32. The van der Waals surface area contributed by atoms with E-state index in [1.807, 2.05) is 26.0 Å². The van der Waals surface area contributed by atoms with Gasteiger partial charge in [0.15, 0.2) is 21.3 Å². The number of nitrogens with one attached hydrogen (secondary N) is 1. The van der Waals surface area contributed by atoms with Crippen LogP contribution in [0.4, 0.5) is 0 Å². The summed E-state index contributed by atoms with van der Waals surface area (Å²) in [4.78, 5) is 17.3. The Hall–Kier alpha value is -3.59. The standard InChI is InChI=1S/C26H30N2O6S/c1-17(2)18-8-10-21(11-9-18)35(30,31)24(19-7-6-12-27-15-19)16-28-26(29)20-13-22(32-3)25(34-5)23(14-20)33-4/h6-15,17,24H,16H2,1-5H3,(H,28,29). The molecular weight excluding hydrogens is 468 g/mol. The van der Waals surface area contributed by atoms with E-state index in [0.717, 1.165) is 5.56 Å². The summed E-state index contributed by atoms with van der Waals surface area (Å²) in [5, 5.41) is 1.71. The van der Waals surface area contributed by atoms with Gasteiger partial charge < -0.3 is 19.5 Å². The average Bonchev–Trinajstić information content (AvgIpc) is 2.88. The van der Waals surface area contributed by atoms with Crippen molar-refractivity contribution < 1.29 is 27.4 Å². The molecule has 35 heavy (non-hydrogen) atoms. The molecule has 1 atom stereocenters. The molecule has 0 saturated heterocycles. The number of carbonyl (C=O) groups excluding carboxylic acids is 1. The minimum atomic E-state index is -3.83. The zero-order valence-corrected chi connectivity index (χ0v) is 21.3. The van der Waals surface area contributed by atoms with E-state index in [2.05, 4.69) is 10.3 Å². The molecule has 0 fully saturated rings. The number of hydrogen-bond acceptors (Lipinski definition) is 7. The van der Waals surface area contributed by atoms with E-state index in [9.17, 15) is 13.2 Å². The van der Waals surface area contributed by atoms with Crippen molar-refractivity contribution in [1.29, 1.82) is 0 Å². The van der Waals surface area contributed by atoms with E-state index in [-0.39, 0.29) is 22.9 Å². The molecule has 1 amide bonds. The van der Waals surface area contributed by atoms with Gasteiger partial charge in [0.05, 0.1) is 26.2 Å². The van der Waals surface area contributed by atoms with Crippen LogP contribution in [-0.4, -0.2) is 47.2 Å². The predicted octanol–water partition coefficient (Wildman–Crippen LogP) is 4.18. The van der Waals surface area contributed by atoms with Crippen LogP contribution < -0.4 is 19.5 Å². The van der Waals surface area contributed by atoms with Crippen LogP contribution in [0.2, 0.25) is 0 Å². The molecule has 8 nitrogen and oxygen atoms in total. The van der Waals surface area contributed by atoms with Crippen molar-refractivity contribution >= 4 is 15.7 Å². The smallest absolute Gasteiger partial charge is 0.251 e. The van der Waals surface area contributed by atoms with Crippen LogP contribution in [0.5, 0.6) is 17.2 Å². The van der Waals surface area contributed by atoms with Gasteiger partial charge in [-0.15, -0.1) is 0 Å². The molecular formula is C26H30N2O6S. The Morgan fingerprint density at radius 1 is 0.943 bits per heavy atom. The Balaban J connectivity index is 1.92. The minimum absolute atomic E-state index is 0.157. The van der Waals surface area contributed by atoms with Crippen molar-refractivity contribution in [3.63, 3.8) is 0 Å². The highest BCUT2D eigenvalue weighted by molar-refractivity contribution is 7.91. The molecule has 3 rings (SSSR count). The summed E-state index contributed by atoms with van der Waals surface area (Å²) in [5.41, 5.74) is 1.76. The van der Waals surface area contributed by atoms with E-state index in [1.165, 1.54) is 39.7 Å². The van der Waals surface area contributed by atoms with Crippen LogP contribution in [-0.2, 0) is 9.84 Å². The van der Waals surface area contributed by atoms with Gasteiger partial charge in [-0.3, -0.25) is 9.78 Å². The monoisotopic (exact) mass is 498 g/mol. The highest BCUT2D eigenvalue weighted by Crippen LogP contribution is 2.38. The Kier molecular flexibility index (Phi) is 8.34. The van der Waals surface area contributed by atoms with Gasteiger partial charge in [-0.05, 0) is 47.4 Å². The Morgan fingerprint density at radius 3 is 2.06 bits per heavy atom. The first-order chi connectivity index (χ1) is 16.7. The fourth-order valence-corrected chi connectivity index (χ4v) is 5.32. The fourth-order valence-electron chi connectivity index (χ4n) is 3.68. The lowest BCUT2D eigenvalue weighted by Gasteiger charge is -2.20. The molecule has 0 bridgehead atoms. The number of amides is 1. The van der Waals surface area contributed by atoms with Crippen LogP contribution in [0, 0.1) is 0 Å². The quantitative estimate of drug-likeness (QED) is 0.447. The number of ether oxygens (including phenoxy) is 3. The van der Waals surface area contributed by atoms with Crippen LogP contribution in [0.3, 0.4) is 0 Å². The first-order valence-corrected chi connectivity index (χ1v) is 12.6. The molecule has 0 aliphatic rings. The molecule has 0 spiro atoms. The molecule has 0 radical (unpaired) electrons. The molecule has 1 aromatic heterocycles. The van der Waals surface area contributed by atoms with E-state index < -0.39 is 21.0 Å². The highest BCUT2D eigenvalue weighted by atomic mass is 32.2.